The highest BCUT2D eigenvalue weighted by Crippen LogP contribution is 2.16. The van der Waals surface area contributed by atoms with E-state index in [4.69, 9.17) is 10.8 Å². The van der Waals surface area contributed by atoms with Gasteiger partial charge >= 0.3 is 0 Å². The molecule has 0 bridgehead atoms. The number of aryl methyl sites for hydroxylation is 1. The van der Waals surface area contributed by atoms with Gasteiger partial charge in [0, 0.05) is 0 Å². The molecule has 0 saturated heterocycles. The Morgan fingerprint density at radius 1 is 1.42 bits per heavy atom. The smallest absolute Gasteiger partial charge is 0.126 e. The van der Waals surface area contributed by atoms with Gasteiger partial charge in [0.2, 0.25) is 0 Å². The van der Waals surface area contributed by atoms with Gasteiger partial charge in [0.05, 0.1) is 0 Å². The normalized spacial score (nSPS) is 10.2. The van der Waals surface area contributed by atoms with Crippen molar-refractivity contribution in [3.8, 4) is 5.75 Å². The second-order valence-corrected chi connectivity index (χ2v) is 2.67. The third-order valence-corrected chi connectivity index (χ3v) is 1.68. The van der Waals surface area contributed by atoms with Gasteiger partial charge in [0.1, 0.15) is 11.6 Å². The number of hydrogen-bond donors (Lipinski definition) is 2. The lowest BCUT2D eigenvalue weighted by Gasteiger charge is -2.01. The minimum absolute atomic E-state index is 0.100. The van der Waals surface area contributed by atoms with Crippen LogP contribution in [0, 0.1) is 5.82 Å². The number of halogens is 1. The van der Waals surface area contributed by atoms with Crippen molar-refractivity contribution in [2.45, 2.75) is 12.8 Å². The Morgan fingerprint density at radius 3 is 2.83 bits per heavy atom. The molecule has 1 aromatic carbocycles. The van der Waals surface area contributed by atoms with Gasteiger partial charge in [-0.15, -0.1) is 0 Å². The van der Waals surface area contributed by atoms with Crippen LogP contribution >= 0.6 is 0 Å². The summed E-state index contributed by atoms with van der Waals surface area (Å²) in [5, 5.41) is 9.04. The molecule has 0 radical (unpaired) electrons. The molecule has 3 N–H and O–H groups in total. The third-order valence-electron chi connectivity index (χ3n) is 1.68. The monoisotopic (exact) mass is 169 g/mol. The van der Waals surface area contributed by atoms with E-state index in [9.17, 15) is 4.39 Å². The molecule has 0 atom stereocenters. The maximum atomic E-state index is 12.9. The van der Waals surface area contributed by atoms with Gasteiger partial charge in [-0.2, -0.15) is 0 Å². The van der Waals surface area contributed by atoms with Gasteiger partial charge < -0.3 is 10.8 Å². The number of rotatable bonds is 3. The lowest BCUT2D eigenvalue weighted by molar-refractivity contribution is 0.471. The van der Waals surface area contributed by atoms with Crippen molar-refractivity contribution in [2.24, 2.45) is 5.73 Å². The van der Waals surface area contributed by atoms with Crippen molar-refractivity contribution < 1.29 is 9.50 Å². The highest BCUT2D eigenvalue weighted by molar-refractivity contribution is 5.28. The molecule has 0 saturated carbocycles. The first-order valence-corrected chi connectivity index (χ1v) is 3.91. The van der Waals surface area contributed by atoms with E-state index in [2.05, 4.69) is 0 Å². The van der Waals surface area contributed by atoms with E-state index in [-0.39, 0.29) is 11.6 Å². The van der Waals surface area contributed by atoms with Crippen molar-refractivity contribution in [1.82, 2.24) is 0 Å². The number of nitrogens with two attached hydrogens (primary N) is 1. The molecule has 0 aliphatic heterocycles. The largest absolute Gasteiger partial charge is 0.508 e. The third kappa shape index (κ3) is 2.20. The molecule has 66 valence electrons. The number of phenols is 1. The van der Waals surface area contributed by atoms with Crippen molar-refractivity contribution in [1.29, 1.82) is 0 Å². The average molecular weight is 169 g/mol. The maximum absolute atomic E-state index is 12.9. The molecule has 2 nitrogen and oxygen atoms in total. The summed E-state index contributed by atoms with van der Waals surface area (Å²) >= 11 is 0. The summed E-state index contributed by atoms with van der Waals surface area (Å²) in [5.41, 5.74) is 5.81. The van der Waals surface area contributed by atoms with Crippen molar-refractivity contribution in [2.75, 3.05) is 6.54 Å². The standard InChI is InChI=1S/C9H12FNO/c10-9-4-3-8(12)6-7(9)2-1-5-11/h3-4,6,12H,1-2,5,11H2. The predicted octanol–water partition coefficient (Wildman–Crippen LogP) is 1.42. The fourth-order valence-electron chi connectivity index (χ4n) is 1.05. The lowest BCUT2D eigenvalue weighted by atomic mass is 10.1. The fraction of sp³-hybridized carbons (Fsp3) is 0.333. The minimum atomic E-state index is -0.277. The Hall–Kier alpha value is -1.09. The van der Waals surface area contributed by atoms with E-state index < -0.39 is 0 Å². The molecule has 0 aliphatic rings. The summed E-state index contributed by atoms with van der Waals surface area (Å²) in [4.78, 5) is 0. The van der Waals surface area contributed by atoms with Gasteiger partial charge in [-0.25, -0.2) is 4.39 Å². The van der Waals surface area contributed by atoms with Crippen LogP contribution < -0.4 is 5.73 Å². The Bertz CT molecular complexity index is 263. The van der Waals surface area contributed by atoms with Crippen LogP contribution in [-0.2, 0) is 6.42 Å². The lowest BCUT2D eigenvalue weighted by Crippen LogP contribution is -2.01. The Kier molecular flexibility index (Phi) is 3.05. The summed E-state index contributed by atoms with van der Waals surface area (Å²) in [7, 11) is 0. The number of benzene rings is 1. The molecule has 12 heavy (non-hydrogen) atoms. The zero-order valence-corrected chi connectivity index (χ0v) is 6.76. The summed E-state index contributed by atoms with van der Waals surface area (Å²) in [5.74, 6) is -0.176. The topological polar surface area (TPSA) is 46.2 Å². The van der Waals surface area contributed by atoms with E-state index in [1.165, 1.54) is 18.2 Å². The van der Waals surface area contributed by atoms with Gasteiger partial charge in [0.15, 0.2) is 0 Å². The van der Waals surface area contributed by atoms with Crippen LogP contribution in [0.5, 0.6) is 5.75 Å². The second kappa shape index (κ2) is 4.07. The van der Waals surface area contributed by atoms with Crippen LogP contribution in [0.15, 0.2) is 18.2 Å². The molecule has 1 rings (SSSR count). The van der Waals surface area contributed by atoms with Crippen molar-refractivity contribution in [3.05, 3.63) is 29.6 Å². The molecule has 0 unspecified atom stereocenters. The van der Waals surface area contributed by atoms with E-state index in [1.807, 2.05) is 0 Å². The van der Waals surface area contributed by atoms with Gasteiger partial charge in [-0.3, -0.25) is 0 Å². The SMILES string of the molecule is NCCCc1cc(O)ccc1F. The quantitative estimate of drug-likeness (QED) is 0.718. The Labute approximate surface area is 70.8 Å². The maximum Gasteiger partial charge on any atom is 0.126 e. The number of hydrogen-bond acceptors (Lipinski definition) is 2. The summed E-state index contributed by atoms with van der Waals surface area (Å²) in [6.07, 6.45) is 1.32. The molecular weight excluding hydrogens is 157 g/mol. The van der Waals surface area contributed by atoms with Gasteiger partial charge in [0.25, 0.3) is 0 Å². The molecular formula is C9H12FNO. The fourth-order valence-corrected chi connectivity index (χ4v) is 1.05. The van der Waals surface area contributed by atoms with Crippen molar-refractivity contribution in [3.63, 3.8) is 0 Å². The minimum Gasteiger partial charge on any atom is -0.508 e. The second-order valence-electron chi connectivity index (χ2n) is 2.67. The average Bonchev–Trinajstić information content (AvgIpc) is 2.07. The van der Waals surface area contributed by atoms with Crippen LogP contribution in [0.2, 0.25) is 0 Å². The van der Waals surface area contributed by atoms with E-state index in [0.717, 1.165) is 6.42 Å². The summed E-state index contributed by atoms with van der Waals surface area (Å²) in [6, 6.07) is 4.04. The summed E-state index contributed by atoms with van der Waals surface area (Å²) in [6.45, 7) is 0.537. The van der Waals surface area contributed by atoms with Crippen LogP contribution in [0.1, 0.15) is 12.0 Å². The number of phenolic OH excluding ortho intramolecular Hbond substituents is 1. The molecule has 0 heterocycles. The molecule has 0 fully saturated rings. The van der Waals surface area contributed by atoms with Crippen LogP contribution in [0.3, 0.4) is 0 Å². The zero-order valence-electron chi connectivity index (χ0n) is 6.76. The van der Waals surface area contributed by atoms with Crippen LogP contribution in [0.25, 0.3) is 0 Å². The Balaban J connectivity index is 2.75. The van der Waals surface area contributed by atoms with E-state index in [1.54, 1.807) is 0 Å². The number of aromatic hydroxyl groups is 1. The highest BCUT2D eigenvalue weighted by atomic mass is 19.1. The molecule has 1 aromatic rings. The van der Waals surface area contributed by atoms with Crippen LogP contribution in [-0.4, -0.2) is 11.7 Å². The van der Waals surface area contributed by atoms with E-state index >= 15 is 0 Å². The molecule has 0 amide bonds. The predicted molar refractivity (Wildman–Crippen MR) is 45.4 cm³/mol. The van der Waals surface area contributed by atoms with Gasteiger partial charge in [-0.1, -0.05) is 0 Å². The summed E-state index contributed by atoms with van der Waals surface area (Å²) < 4.78 is 12.9. The zero-order chi connectivity index (χ0) is 8.97. The molecule has 0 aliphatic carbocycles. The first-order valence-electron chi connectivity index (χ1n) is 3.91. The first-order chi connectivity index (χ1) is 5.74. The van der Waals surface area contributed by atoms with Gasteiger partial charge in [-0.05, 0) is 43.1 Å². The Morgan fingerprint density at radius 2 is 2.17 bits per heavy atom. The van der Waals surface area contributed by atoms with Crippen LogP contribution in [0.4, 0.5) is 4.39 Å². The molecule has 0 aromatic heterocycles. The van der Waals surface area contributed by atoms with Crippen molar-refractivity contribution >= 4 is 0 Å². The molecule has 3 heteroatoms. The first kappa shape index (κ1) is 9.00. The highest BCUT2D eigenvalue weighted by Gasteiger charge is 2.01. The van der Waals surface area contributed by atoms with E-state index in [0.29, 0.717) is 18.5 Å². The molecule has 0 spiro atoms.